The predicted octanol–water partition coefficient (Wildman–Crippen LogP) is 8.62. The van der Waals surface area contributed by atoms with Crippen molar-refractivity contribution in [2.45, 2.75) is 50.8 Å². The Kier molecular flexibility index (Phi) is 12.2. The van der Waals surface area contributed by atoms with Gasteiger partial charge in [-0.3, -0.25) is 9.69 Å². The van der Waals surface area contributed by atoms with Crippen molar-refractivity contribution in [3.05, 3.63) is 112 Å². The second kappa shape index (κ2) is 17.7. The summed E-state index contributed by atoms with van der Waals surface area (Å²) in [5, 5.41) is 14.8. The summed E-state index contributed by atoms with van der Waals surface area (Å²) >= 11 is 6.24. The summed E-state index contributed by atoms with van der Waals surface area (Å²) in [6, 6.07) is 23.4. The quantitative estimate of drug-likeness (QED) is 0.111. The molecule has 8 rings (SSSR count). The number of nitrogens with one attached hydrogen (secondary N) is 3. The molecule has 1 amide bonds. The van der Waals surface area contributed by atoms with Gasteiger partial charge in [-0.25, -0.2) is 18.1 Å². The number of aromatic amines is 1. The molecule has 3 aliphatic rings. The number of piperazine rings is 1. The van der Waals surface area contributed by atoms with Crippen LogP contribution in [0.2, 0.25) is 5.02 Å². The number of carbonyl (C=O) groups excluding carboxylic acids is 1. The SMILES string of the molecule is CC1(C)CCC(CN2CCN(c3ccc(C(=O)NS(=O)(=O)c4ccc(NCC5CCOCC5)c(C#N)c4)c(Oc4cnc5[nH]ccc5c4)c3)CC2)=C(c2ccc(Cl)cc2)C1. The summed E-state index contributed by atoms with van der Waals surface area (Å²) in [5.41, 5.74) is 6.67. The first-order chi connectivity index (χ1) is 28.9. The second-order valence-corrected chi connectivity index (χ2v) is 18.9. The second-order valence-electron chi connectivity index (χ2n) is 16.8. The highest BCUT2D eigenvalue weighted by Gasteiger charge is 2.30. The number of sulfonamides is 1. The van der Waals surface area contributed by atoms with Gasteiger partial charge in [0.15, 0.2) is 0 Å². The molecule has 0 spiro atoms. The van der Waals surface area contributed by atoms with Crippen molar-refractivity contribution in [2.24, 2.45) is 11.3 Å². The van der Waals surface area contributed by atoms with Gasteiger partial charge in [0.05, 0.1) is 27.9 Å². The van der Waals surface area contributed by atoms with Crippen LogP contribution in [-0.2, 0) is 14.8 Å². The third-order valence-corrected chi connectivity index (χ3v) is 13.5. The average molecular weight is 848 g/mol. The van der Waals surface area contributed by atoms with Gasteiger partial charge in [-0.05, 0) is 109 Å². The zero-order valence-corrected chi connectivity index (χ0v) is 35.5. The molecule has 60 heavy (non-hydrogen) atoms. The summed E-state index contributed by atoms with van der Waals surface area (Å²) in [7, 11) is -4.38. The van der Waals surface area contributed by atoms with Crippen LogP contribution in [-0.4, -0.2) is 81.7 Å². The Balaban J connectivity index is 0.995. The zero-order valence-electron chi connectivity index (χ0n) is 34.0. The number of fused-ring (bicyclic) bond motifs is 1. The summed E-state index contributed by atoms with van der Waals surface area (Å²) < 4.78 is 41.3. The van der Waals surface area contributed by atoms with Crippen LogP contribution < -0.4 is 19.7 Å². The molecule has 0 bridgehead atoms. The van der Waals surface area contributed by atoms with E-state index in [2.05, 4.69) is 61.9 Å². The number of nitrogens with zero attached hydrogens (tertiary/aromatic N) is 4. The van der Waals surface area contributed by atoms with Crippen molar-refractivity contribution in [1.29, 1.82) is 5.26 Å². The van der Waals surface area contributed by atoms with Gasteiger partial charge < -0.3 is 24.7 Å². The van der Waals surface area contributed by atoms with Gasteiger partial charge in [0, 0.05) is 80.8 Å². The van der Waals surface area contributed by atoms with Gasteiger partial charge in [0.25, 0.3) is 15.9 Å². The Hall–Kier alpha value is -5.39. The minimum atomic E-state index is -4.38. The summed E-state index contributed by atoms with van der Waals surface area (Å²) in [6.07, 6.45) is 8.41. The molecular formula is C46H50ClN7O5S. The van der Waals surface area contributed by atoms with Gasteiger partial charge in [-0.2, -0.15) is 5.26 Å². The van der Waals surface area contributed by atoms with E-state index in [-0.39, 0.29) is 27.2 Å². The molecule has 2 saturated heterocycles. The van der Waals surface area contributed by atoms with Crippen LogP contribution in [0.1, 0.15) is 67.4 Å². The molecule has 312 valence electrons. The molecule has 2 fully saturated rings. The normalized spacial score (nSPS) is 17.7. The number of allylic oxidation sites excluding steroid dienone is 1. The maximum atomic E-state index is 13.9. The van der Waals surface area contributed by atoms with Crippen molar-refractivity contribution in [3.8, 4) is 17.6 Å². The lowest BCUT2D eigenvalue weighted by Crippen LogP contribution is -2.47. The van der Waals surface area contributed by atoms with Crippen LogP contribution in [0.4, 0.5) is 11.4 Å². The number of nitriles is 1. The van der Waals surface area contributed by atoms with Crippen LogP contribution >= 0.6 is 11.6 Å². The smallest absolute Gasteiger partial charge is 0.268 e. The maximum absolute atomic E-state index is 13.9. The van der Waals surface area contributed by atoms with E-state index in [0.717, 1.165) is 80.9 Å². The van der Waals surface area contributed by atoms with Crippen LogP contribution in [0.5, 0.6) is 11.5 Å². The van der Waals surface area contributed by atoms with E-state index < -0.39 is 15.9 Å². The van der Waals surface area contributed by atoms with Gasteiger partial charge in [0.1, 0.15) is 23.2 Å². The number of amides is 1. The van der Waals surface area contributed by atoms with Crippen LogP contribution in [0.15, 0.2) is 95.7 Å². The third-order valence-electron chi connectivity index (χ3n) is 11.9. The third kappa shape index (κ3) is 9.63. The first-order valence-corrected chi connectivity index (χ1v) is 22.4. The zero-order chi connectivity index (χ0) is 41.9. The van der Waals surface area contributed by atoms with E-state index in [4.69, 9.17) is 21.1 Å². The number of anilines is 2. The molecule has 1 aliphatic carbocycles. The fourth-order valence-corrected chi connectivity index (χ4v) is 9.48. The van der Waals surface area contributed by atoms with Gasteiger partial charge in [0.2, 0.25) is 0 Å². The first-order valence-electron chi connectivity index (χ1n) is 20.6. The van der Waals surface area contributed by atoms with Crippen molar-refractivity contribution >= 4 is 55.5 Å². The summed E-state index contributed by atoms with van der Waals surface area (Å²) in [6.45, 7) is 10.8. The Morgan fingerprint density at radius 2 is 1.82 bits per heavy atom. The molecule has 2 aliphatic heterocycles. The van der Waals surface area contributed by atoms with E-state index in [1.807, 2.05) is 30.3 Å². The Morgan fingerprint density at radius 3 is 2.58 bits per heavy atom. The topological polar surface area (TPSA) is 153 Å². The molecule has 0 unspecified atom stereocenters. The van der Waals surface area contributed by atoms with Crippen LogP contribution in [0, 0.1) is 22.7 Å². The number of halogens is 1. The van der Waals surface area contributed by atoms with E-state index in [1.54, 1.807) is 30.6 Å². The minimum Gasteiger partial charge on any atom is -0.455 e. The minimum absolute atomic E-state index is 0.0345. The van der Waals surface area contributed by atoms with E-state index in [9.17, 15) is 18.5 Å². The molecule has 0 saturated carbocycles. The first kappa shape index (κ1) is 41.3. The average Bonchev–Trinajstić information content (AvgIpc) is 3.72. The lowest BCUT2D eigenvalue weighted by atomic mass is 9.72. The largest absolute Gasteiger partial charge is 0.455 e. The summed E-state index contributed by atoms with van der Waals surface area (Å²) in [5.74, 6) is 0.113. The number of hydrogen-bond acceptors (Lipinski definition) is 10. The lowest BCUT2D eigenvalue weighted by molar-refractivity contribution is 0.0699. The molecule has 14 heteroatoms. The standard InChI is InChI=1S/C46H50ClN7O5S/c1-46(2)15-11-34(41(26-46)32-3-5-36(47)6-4-32)30-53-17-19-54(20-18-53)37-7-9-40(43(25-37)59-38-23-33-12-16-49-44(33)51-29-38)45(55)52-60(56,57)39-8-10-42(35(24-39)27-48)50-28-31-13-21-58-22-14-31/h3-10,12,16,23-25,29,31,50H,11,13-15,17-22,26,28,30H2,1-2H3,(H,49,51)(H,52,55). The highest BCUT2D eigenvalue weighted by Crippen LogP contribution is 2.43. The number of pyridine rings is 1. The summed E-state index contributed by atoms with van der Waals surface area (Å²) in [4.78, 5) is 26.0. The predicted molar refractivity (Wildman–Crippen MR) is 235 cm³/mol. The molecule has 0 atom stereocenters. The van der Waals surface area contributed by atoms with Gasteiger partial charge in [-0.1, -0.05) is 43.2 Å². The fourth-order valence-electron chi connectivity index (χ4n) is 8.36. The van der Waals surface area contributed by atoms with E-state index >= 15 is 0 Å². The number of rotatable bonds is 12. The Labute approximate surface area is 356 Å². The van der Waals surface area contributed by atoms with Crippen molar-refractivity contribution in [3.63, 3.8) is 0 Å². The van der Waals surface area contributed by atoms with Crippen molar-refractivity contribution < 1.29 is 22.7 Å². The lowest BCUT2D eigenvalue weighted by Gasteiger charge is -2.39. The van der Waals surface area contributed by atoms with Gasteiger partial charge in [-0.15, -0.1) is 0 Å². The fraction of sp³-hybridized carbons (Fsp3) is 0.370. The maximum Gasteiger partial charge on any atom is 0.268 e. The highest BCUT2D eigenvalue weighted by atomic mass is 35.5. The molecule has 3 N–H and O–H groups in total. The molecule has 5 aromatic rings. The van der Waals surface area contributed by atoms with E-state index in [1.165, 1.54) is 28.8 Å². The van der Waals surface area contributed by atoms with Gasteiger partial charge >= 0.3 is 0 Å². The Bertz CT molecular complexity index is 2550. The number of carbonyl (C=O) groups is 1. The molecule has 0 radical (unpaired) electrons. The number of hydrogen-bond donors (Lipinski definition) is 3. The van der Waals surface area contributed by atoms with Crippen LogP contribution in [0.25, 0.3) is 16.6 Å². The molecule has 3 aromatic carbocycles. The van der Waals surface area contributed by atoms with Crippen molar-refractivity contribution in [1.82, 2.24) is 19.6 Å². The molecular weight excluding hydrogens is 798 g/mol. The van der Waals surface area contributed by atoms with Crippen molar-refractivity contribution in [2.75, 3.05) is 62.7 Å². The number of aromatic nitrogens is 2. The Morgan fingerprint density at radius 1 is 1.03 bits per heavy atom. The van der Waals surface area contributed by atoms with E-state index in [0.29, 0.717) is 42.8 Å². The number of benzene rings is 3. The molecule has 2 aromatic heterocycles. The number of ether oxygens (including phenoxy) is 2. The van der Waals surface area contributed by atoms with Crippen LogP contribution in [0.3, 0.4) is 0 Å². The highest BCUT2D eigenvalue weighted by molar-refractivity contribution is 7.90. The monoisotopic (exact) mass is 847 g/mol. The number of H-pyrrole nitrogens is 1. The molecule has 4 heterocycles. The molecule has 12 nitrogen and oxygen atoms in total.